The summed E-state index contributed by atoms with van der Waals surface area (Å²) in [7, 11) is 0. The van der Waals surface area contributed by atoms with Crippen LogP contribution >= 0.6 is 0 Å². The van der Waals surface area contributed by atoms with Crippen molar-refractivity contribution < 1.29 is 0 Å². The molecule has 3 rings (SSSR count). The highest BCUT2D eigenvalue weighted by atomic mass is 14.5. The van der Waals surface area contributed by atoms with Crippen LogP contribution in [0, 0.1) is 46.8 Å². The van der Waals surface area contributed by atoms with Gasteiger partial charge in [-0.25, -0.2) is 0 Å². The van der Waals surface area contributed by atoms with Crippen LogP contribution in [0.3, 0.4) is 0 Å². The Morgan fingerprint density at radius 2 is 1.75 bits per heavy atom. The zero-order valence-electron chi connectivity index (χ0n) is 20.1. The topological polar surface area (TPSA) is 0 Å². The Labute approximate surface area is 177 Å². The smallest absolute Gasteiger partial charge is 0.00851 e. The quantitative estimate of drug-likeness (QED) is 0.288. The van der Waals surface area contributed by atoms with Crippen molar-refractivity contribution in [3.05, 3.63) is 11.6 Å². The lowest BCUT2D eigenvalue weighted by Crippen LogP contribution is -2.46. The average molecular weight is 387 g/mol. The van der Waals surface area contributed by atoms with Crippen LogP contribution in [0.1, 0.15) is 119 Å². The Morgan fingerprint density at radius 3 is 2.50 bits per heavy atom. The summed E-state index contributed by atoms with van der Waals surface area (Å²) in [6.45, 7) is 15.0. The normalized spacial score (nSPS) is 39.2. The molecule has 0 heterocycles. The van der Waals surface area contributed by atoms with Crippen molar-refractivity contribution in [3.8, 4) is 0 Å². The molecule has 2 saturated carbocycles. The van der Waals surface area contributed by atoms with Crippen LogP contribution in [-0.2, 0) is 0 Å². The lowest BCUT2D eigenvalue weighted by atomic mass is 9.49. The summed E-state index contributed by atoms with van der Waals surface area (Å²) in [6.07, 6.45) is 20.2. The number of fused-ring (bicyclic) bond motifs is 3. The standard InChI is InChI=1S/C28H50/c1-20(2)9-7-8-10-21(3)11-14-25-23(5)12-16-27-26(25)15-13-24-19-22(4)17-18-28(24,27)6/h13,20-23,25-27H,7-12,14-19H2,1-6H3. The molecule has 0 aliphatic heterocycles. The van der Waals surface area contributed by atoms with E-state index in [4.69, 9.17) is 0 Å². The number of hydrogen-bond donors (Lipinski definition) is 0. The first-order valence-electron chi connectivity index (χ1n) is 13.0. The minimum atomic E-state index is 0.552. The maximum atomic E-state index is 2.73. The average Bonchev–Trinajstić information content (AvgIpc) is 2.64. The molecule has 0 bridgehead atoms. The minimum absolute atomic E-state index is 0.552. The molecule has 162 valence electrons. The van der Waals surface area contributed by atoms with Gasteiger partial charge in [-0.05, 0) is 85.4 Å². The van der Waals surface area contributed by atoms with Crippen molar-refractivity contribution in [3.63, 3.8) is 0 Å². The fourth-order valence-electron chi connectivity index (χ4n) is 7.32. The lowest BCUT2D eigenvalue weighted by molar-refractivity contribution is -0.00280. The van der Waals surface area contributed by atoms with Gasteiger partial charge in [-0.1, -0.05) is 91.7 Å². The molecule has 3 aliphatic rings. The van der Waals surface area contributed by atoms with Gasteiger partial charge < -0.3 is 0 Å². The predicted octanol–water partition coefficient (Wildman–Crippen LogP) is 9.05. The molecule has 0 aromatic carbocycles. The molecule has 0 aromatic heterocycles. The summed E-state index contributed by atoms with van der Waals surface area (Å²) >= 11 is 0. The maximum Gasteiger partial charge on any atom is -0.00851 e. The molecule has 0 N–H and O–H groups in total. The molecule has 3 aliphatic carbocycles. The third kappa shape index (κ3) is 5.07. The number of hydrogen-bond acceptors (Lipinski definition) is 0. The van der Waals surface area contributed by atoms with E-state index in [1.54, 1.807) is 0 Å². The van der Waals surface area contributed by atoms with Gasteiger partial charge in [0, 0.05) is 0 Å². The molecule has 2 fully saturated rings. The van der Waals surface area contributed by atoms with E-state index in [1.165, 1.54) is 77.0 Å². The molecule has 0 heteroatoms. The monoisotopic (exact) mass is 386 g/mol. The van der Waals surface area contributed by atoms with E-state index >= 15 is 0 Å². The molecule has 0 radical (unpaired) electrons. The second kappa shape index (κ2) is 9.70. The van der Waals surface area contributed by atoms with Crippen LogP contribution < -0.4 is 0 Å². The van der Waals surface area contributed by atoms with Crippen molar-refractivity contribution in [2.24, 2.45) is 46.8 Å². The summed E-state index contributed by atoms with van der Waals surface area (Å²) in [5.41, 5.74) is 2.41. The van der Waals surface area contributed by atoms with Gasteiger partial charge in [0.25, 0.3) is 0 Å². The highest BCUT2D eigenvalue weighted by Gasteiger charge is 2.50. The Kier molecular flexibility index (Phi) is 7.77. The molecule has 0 nitrogen and oxygen atoms in total. The van der Waals surface area contributed by atoms with Crippen molar-refractivity contribution >= 4 is 0 Å². The fraction of sp³-hybridized carbons (Fsp3) is 0.929. The SMILES string of the molecule is CC(C)CCCCC(C)CCC1C(C)CCC2C1CC=C1CC(C)CCC12C. The van der Waals surface area contributed by atoms with Crippen LogP contribution in [0.2, 0.25) is 0 Å². The largest absolute Gasteiger partial charge is 0.0845 e. The summed E-state index contributed by atoms with van der Waals surface area (Å²) in [5.74, 6) is 6.65. The molecule has 0 amide bonds. The van der Waals surface area contributed by atoms with Gasteiger partial charge in [0.2, 0.25) is 0 Å². The van der Waals surface area contributed by atoms with Crippen LogP contribution in [0.15, 0.2) is 11.6 Å². The summed E-state index contributed by atoms with van der Waals surface area (Å²) in [6, 6.07) is 0. The molecule has 0 saturated heterocycles. The summed E-state index contributed by atoms with van der Waals surface area (Å²) in [4.78, 5) is 0. The molecular formula is C28H50. The molecule has 0 aromatic rings. The van der Waals surface area contributed by atoms with Gasteiger partial charge in [0.05, 0.1) is 0 Å². The Morgan fingerprint density at radius 1 is 1.00 bits per heavy atom. The second-order valence-electron chi connectivity index (χ2n) is 12.1. The van der Waals surface area contributed by atoms with E-state index < -0.39 is 0 Å². The van der Waals surface area contributed by atoms with E-state index in [0.717, 1.165) is 41.4 Å². The van der Waals surface area contributed by atoms with E-state index in [2.05, 4.69) is 47.6 Å². The van der Waals surface area contributed by atoms with Gasteiger partial charge in [-0.15, -0.1) is 0 Å². The Balaban J connectivity index is 1.56. The first kappa shape index (κ1) is 22.4. The highest BCUT2D eigenvalue weighted by Crippen LogP contribution is 2.60. The van der Waals surface area contributed by atoms with Crippen molar-refractivity contribution in [1.82, 2.24) is 0 Å². The van der Waals surface area contributed by atoms with Gasteiger partial charge in [0.1, 0.15) is 0 Å². The Hall–Kier alpha value is -0.260. The van der Waals surface area contributed by atoms with Crippen molar-refractivity contribution in [2.75, 3.05) is 0 Å². The maximum absolute atomic E-state index is 2.73. The van der Waals surface area contributed by atoms with Gasteiger partial charge in [-0.2, -0.15) is 0 Å². The third-order valence-electron chi connectivity index (χ3n) is 9.37. The van der Waals surface area contributed by atoms with Gasteiger partial charge in [0.15, 0.2) is 0 Å². The lowest BCUT2D eigenvalue weighted by Gasteiger charge is -2.56. The van der Waals surface area contributed by atoms with E-state index in [0.29, 0.717) is 5.41 Å². The summed E-state index contributed by atoms with van der Waals surface area (Å²) in [5, 5.41) is 0. The molecule has 7 atom stereocenters. The Bertz CT molecular complexity index is 514. The predicted molar refractivity (Wildman–Crippen MR) is 124 cm³/mol. The number of allylic oxidation sites excluding steroid dienone is 2. The molecular weight excluding hydrogens is 336 g/mol. The molecule has 28 heavy (non-hydrogen) atoms. The van der Waals surface area contributed by atoms with E-state index in [1.807, 2.05) is 5.57 Å². The van der Waals surface area contributed by atoms with Crippen molar-refractivity contribution in [2.45, 2.75) is 119 Å². The van der Waals surface area contributed by atoms with Crippen LogP contribution in [0.5, 0.6) is 0 Å². The fourth-order valence-corrected chi connectivity index (χ4v) is 7.32. The van der Waals surface area contributed by atoms with Crippen LogP contribution in [-0.4, -0.2) is 0 Å². The molecule has 0 spiro atoms. The van der Waals surface area contributed by atoms with Gasteiger partial charge >= 0.3 is 0 Å². The zero-order valence-corrected chi connectivity index (χ0v) is 20.1. The van der Waals surface area contributed by atoms with E-state index in [9.17, 15) is 0 Å². The van der Waals surface area contributed by atoms with Crippen LogP contribution in [0.25, 0.3) is 0 Å². The van der Waals surface area contributed by atoms with Gasteiger partial charge in [-0.3, -0.25) is 0 Å². The van der Waals surface area contributed by atoms with Crippen LogP contribution in [0.4, 0.5) is 0 Å². The minimum Gasteiger partial charge on any atom is -0.0845 e. The third-order valence-corrected chi connectivity index (χ3v) is 9.37. The highest BCUT2D eigenvalue weighted by molar-refractivity contribution is 5.23. The molecule has 7 unspecified atom stereocenters. The summed E-state index contributed by atoms with van der Waals surface area (Å²) < 4.78 is 0. The first-order chi connectivity index (χ1) is 13.3. The number of rotatable bonds is 8. The first-order valence-corrected chi connectivity index (χ1v) is 13.0. The zero-order chi connectivity index (χ0) is 20.3. The second-order valence-corrected chi connectivity index (χ2v) is 12.1. The van der Waals surface area contributed by atoms with E-state index in [-0.39, 0.29) is 0 Å². The number of unbranched alkanes of at least 4 members (excludes halogenated alkanes) is 1. The van der Waals surface area contributed by atoms with Crippen molar-refractivity contribution in [1.29, 1.82) is 0 Å².